The Hall–Kier alpha value is -3.36. The lowest BCUT2D eigenvalue weighted by Gasteiger charge is -2.26. The molecule has 1 atom stereocenters. The standard InChI is InChI=1S/C28H35N3O5/c1-20-25(27(32)29-23(28(33)35-3)19-21-9-5-4-6-10-21)22-11-7-12-24(34-2)26(22)31(20)14-8-13-30-15-17-36-18-16-30/h4-7,9-12,23H,8,13-19H2,1-3H3,(H,29,32). The van der Waals surface area contributed by atoms with E-state index < -0.39 is 12.0 Å². The Balaban J connectivity index is 1.61. The molecule has 1 unspecified atom stereocenters. The zero-order valence-electron chi connectivity index (χ0n) is 21.3. The molecular weight excluding hydrogens is 458 g/mol. The maximum Gasteiger partial charge on any atom is 0.328 e. The van der Waals surface area contributed by atoms with Crippen molar-refractivity contribution in [2.45, 2.75) is 32.4 Å². The van der Waals surface area contributed by atoms with Crippen molar-refractivity contribution in [1.29, 1.82) is 0 Å². The molecule has 1 aliphatic heterocycles. The number of hydrogen-bond donors (Lipinski definition) is 1. The average molecular weight is 494 g/mol. The topological polar surface area (TPSA) is 82.0 Å². The third-order valence-corrected chi connectivity index (χ3v) is 6.79. The van der Waals surface area contributed by atoms with Crippen molar-refractivity contribution in [1.82, 2.24) is 14.8 Å². The van der Waals surface area contributed by atoms with Gasteiger partial charge in [0.2, 0.25) is 0 Å². The van der Waals surface area contributed by atoms with E-state index in [4.69, 9.17) is 14.2 Å². The predicted octanol–water partition coefficient (Wildman–Crippen LogP) is 3.19. The number of aromatic nitrogens is 1. The van der Waals surface area contributed by atoms with E-state index in [2.05, 4.69) is 14.8 Å². The summed E-state index contributed by atoms with van der Waals surface area (Å²) >= 11 is 0. The van der Waals surface area contributed by atoms with Crippen LogP contribution in [-0.2, 0) is 27.2 Å². The molecule has 1 amide bonds. The third-order valence-electron chi connectivity index (χ3n) is 6.79. The van der Waals surface area contributed by atoms with E-state index in [0.717, 1.165) is 73.7 Å². The van der Waals surface area contributed by atoms with E-state index >= 15 is 0 Å². The van der Waals surface area contributed by atoms with Crippen molar-refractivity contribution in [2.24, 2.45) is 0 Å². The highest BCUT2D eigenvalue weighted by Crippen LogP contribution is 2.33. The normalized spacial score (nSPS) is 15.0. The van der Waals surface area contributed by atoms with Gasteiger partial charge in [-0.05, 0) is 25.0 Å². The second kappa shape index (κ2) is 12.1. The van der Waals surface area contributed by atoms with Gasteiger partial charge in [-0.1, -0.05) is 42.5 Å². The molecule has 192 valence electrons. The Morgan fingerprint density at radius 2 is 1.78 bits per heavy atom. The van der Waals surface area contributed by atoms with Crippen LogP contribution in [0.1, 0.15) is 28.0 Å². The molecule has 3 aromatic rings. The zero-order chi connectivity index (χ0) is 25.5. The number of nitrogens with zero attached hydrogens (tertiary/aromatic N) is 2. The summed E-state index contributed by atoms with van der Waals surface area (Å²) in [7, 11) is 2.98. The van der Waals surface area contributed by atoms with E-state index in [0.29, 0.717) is 12.0 Å². The van der Waals surface area contributed by atoms with Crippen LogP contribution in [0.3, 0.4) is 0 Å². The molecule has 8 heteroatoms. The van der Waals surface area contributed by atoms with Crippen LogP contribution in [0.4, 0.5) is 0 Å². The number of para-hydroxylation sites is 1. The number of aryl methyl sites for hydroxylation is 1. The van der Waals surface area contributed by atoms with Gasteiger partial charge in [-0.3, -0.25) is 9.69 Å². The highest BCUT2D eigenvalue weighted by Gasteiger charge is 2.27. The van der Waals surface area contributed by atoms with Crippen molar-refractivity contribution >= 4 is 22.8 Å². The van der Waals surface area contributed by atoms with E-state index in [1.807, 2.05) is 55.5 Å². The summed E-state index contributed by atoms with van der Waals surface area (Å²) < 4.78 is 18.3. The molecule has 1 aliphatic rings. The molecular formula is C28H35N3O5. The van der Waals surface area contributed by atoms with Gasteiger partial charge in [-0.2, -0.15) is 0 Å². The summed E-state index contributed by atoms with van der Waals surface area (Å²) in [6.45, 7) is 7.09. The van der Waals surface area contributed by atoms with E-state index in [9.17, 15) is 9.59 Å². The number of esters is 1. The third kappa shape index (κ3) is 5.71. The number of amides is 1. The Labute approximate surface area is 212 Å². The van der Waals surface area contributed by atoms with Crippen LogP contribution in [0, 0.1) is 6.92 Å². The maximum absolute atomic E-state index is 13.6. The molecule has 2 heterocycles. The quantitative estimate of drug-likeness (QED) is 0.437. The Kier molecular flexibility index (Phi) is 8.61. The molecule has 1 saturated heterocycles. The molecule has 0 radical (unpaired) electrons. The van der Waals surface area contributed by atoms with Crippen LogP contribution in [-0.4, -0.2) is 74.5 Å². The van der Waals surface area contributed by atoms with Crippen LogP contribution >= 0.6 is 0 Å². The second-order valence-corrected chi connectivity index (χ2v) is 9.01. The highest BCUT2D eigenvalue weighted by molar-refractivity contribution is 6.10. The molecule has 0 bridgehead atoms. The first kappa shape index (κ1) is 25.7. The fourth-order valence-electron chi connectivity index (χ4n) is 4.92. The number of methoxy groups -OCH3 is 2. The lowest BCUT2D eigenvalue weighted by Crippen LogP contribution is -2.43. The van der Waals surface area contributed by atoms with Crippen molar-refractivity contribution < 1.29 is 23.8 Å². The molecule has 2 aromatic carbocycles. The summed E-state index contributed by atoms with van der Waals surface area (Å²) in [4.78, 5) is 28.6. The molecule has 4 rings (SSSR count). The van der Waals surface area contributed by atoms with Gasteiger partial charge in [-0.25, -0.2) is 4.79 Å². The Morgan fingerprint density at radius 1 is 1.03 bits per heavy atom. The van der Waals surface area contributed by atoms with Crippen LogP contribution < -0.4 is 10.1 Å². The van der Waals surface area contributed by atoms with Gasteiger partial charge >= 0.3 is 5.97 Å². The largest absolute Gasteiger partial charge is 0.495 e. The monoisotopic (exact) mass is 493 g/mol. The van der Waals surface area contributed by atoms with Crippen LogP contribution in [0.5, 0.6) is 5.75 Å². The lowest BCUT2D eigenvalue weighted by atomic mass is 10.0. The summed E-state index contributed by atoms with van der Waals surface area (Å²) in [5, 5.41) is 3.74. The molecule has 1 fully saturated rings. The van der Waals surface area contributed by atoms with Gasteiger partial charge in [-0.15, -0.1) is 0 Å². The fourth-order valence-corrected chi connectivity index (χ4v) is 4.92. The lowest BCUT2D eigenvalue weighted by molar-refractivity contribution is -0.142. The average Bonchev–Trinajstić information content (AvgIpc) is 3.20. The molecule has 1 N–H and O–H groups in total. The number of carbonyl (C=O) groups excluding carboxylic acids is 2. The van der Waals surface area contributed by atoms with Gasteiger partial charge in [0.25, 0.3) is 5.91 Å². The van der Waals surface area contributed by atoms with Crippen molar-refractivity contribution in [3.63, 3.8) is 0 Å². The van der Waals surface area contributed by atoms with E-state index in [-0.39, 0.29) is 5.91 Å². The smallest absolute Gasteiger partial charge is 0.328 e. The minimum atomic E-state index is -0.797. The fraction of sp³-hybridized carbons (Fsp3) is 0.429. The number of fused-ring (bicyclic) bond motifs is 1. The maximum atomic E-state index is 13.6. The van der Waals surface area contributed by atoms with Crippen LogP contribution in [0.15, 0.2) is 48.5 Å². The molecule has 0 spiro atoms. The molecule has 1 aromatic heterocycles. The van der Waals surface area contributed by atoms with Gasteiger partial charge in [0.15, 0.2) is 0 Å². The van der Waals surface area contributed by atoms with Gasteiger partial charge in [0, 0.05) is 43.7 Å². The van der Waals surface area contributed by atoms with Gasteiger partial charge < -0.3 is 24.1 Å². The minimum Gasteiger partial charge on any atom is -0.495 e. The SMILES string of the molecule is COC(=O)C(Cc1ccccc1)NC(=O)c1c(C)n(CCCN2CCOCC2)c2c(OC)cccc12. The molecule has 0 saturated carbocycles. The minimum absolute atomic E-state index is 0.302. The Morgan fingerprint density at radius 3 is 2.47 bits per heavy atom. The summed E-state index contributed by atoms with van der Waals surface area (Å²) in [5.41, 5.74) is 3.23. The van der Waals surface area contributed by atoms with E-state index in [1.54, 1.807) is 7.11 Å². The number of carbonyl (C=O) groups is 2. The van der Waals surface area contributed by atoms with E-state index in [1.165, 1.54) is 7.11 Å². The summed E-state index contributed by atoms with van der Waals surface area (Å²) in [5.74, 6) is -0.0597. The number of rotatable bonds is 10. The number of hydrogen-bond acceptors (Lipinski definition) is 6. The van der Waals surface area contributed by atoms with Crippen LogP contribution in [0.2, 0.25) is 0 Å². The van der Waals surface area contributed by atoms with Gasteiger partial charge in [0.1, 0.15) is 11.8 Å². The first-order valence-electron chi connectivity index (χ1n) is 12.4. The first-order valence-corrected chi connectivity index (χ1v) is 12.4. The van der Waals surface area contributed by atoms with Crippen molar-refractivity contribution in [3.05, 3.63) is 65.4 Å². The second-order valence-electron chi connectivity index (χ2n) is 9.01. The summed E-state index contributed by atoms with van der Waals surface area (Å²) in [6.07, 6.45) is 1.28. The number of morpholine rings is 1. The first-order chi connectivity index (χ1) is 17.5. The molecule has 0 aliphatic carbocycles. The summed E-state index contributed by atoms with van der Waals surface area (Å²) in [6, 6.07) is 14.5. The zero-order valence-corrected chi connectivity index (χ0v) is 21.3. The number of nitrogens with one attached hydrogen (secondary N) is 1. The predicted molar refractivity (Wildman–Crippen MR) is 139 cm³/mol. The molecule has 36 heavy (non-hydrogen) atoms. The highest BCUT2D eigenvalue weighted by atomic mass is 16.5. The van der Waals surface area contributed by atoms with Gasteiger partial charge in [0.05, 0.1) is 38.5 Å². The van der Waals surface area contributed by atoms with Crippen molar-refractivity contribution in [2.75, 3.05) is 47.1 Å². The number of benzene rings is 2. The Bertz CT molecular complexity index is 1180. The van der Waals surface area contributed by atoms with Crippen molar-refractivity contribution in [3.8, 4) is 5.75 Å². The molecule has 8 nitrogen and oxygen atoms in total. The van der Waals surface area contributed by atoms with Crippen LogP contribution in [0.25, 0.3) is 10.9 Å². The number of ether oxygens (including phenoxy) is 3.